The molecule has 0 atom stereocenters. The number of amides is 1. The lowest BCUT2D eigenvalue weighted by Gasteiger charge is -1.99. The van der Waals surface area contributed by atoms with Crippen LogP contribution in [-0.4, -0.2) is 17.4 Å². The van der Waals surface area contributed by atoms with E-state index in [0.717, 1.165) is 12.8 Å². The van der Waals surface area contributed by atoms with Crippen molar-refractivity contribution in [2.75, 3.05) is 6.54 Å². The van der Waals surface area contributed by atoms with E-state index in [9.17, 15) is 4.79 Å². The number of hydrogen-bond acceptors (Lipinski definition) is 3. The van der Waals surface area contributed by atoms with Crippen LogP contribution in [0.5, 0.6) is 0 Å². The van der Waals surface area contributed by atoms with Crippen LogP contribution in [0.4, 0.5) is 0 Å². The zero-order chi connectivity index (χ0) is 9.68. The summed E-state index contributed by atoms with van der Waals surface area (Å²) in [4.78, 5) is 15.1. The van der Waals surface area contributed by atoms with Gasteiger partial charge in [0.1, 0.15) is 0 Å². The molecule has 1 amide bonds. The van der Waals surface area contributed by atoms with Gasteiger partial charge in [-0.3, -0.25) is 4.79 Å². The monoisotopic (exact) mass is 182 g/mol. The largest absolute Gasteiger partial charge is 0.436 e. The van der Waals surface area contributed by atoms with Gasteiger partial charge in [-0.05, 0) is 6.42 Å². The van der Waals surface area contributed by atoms with Crippen molar-refractivity contribution in [3.8, 4) is 0 Å². The Kier molecular flexibility index (Phi) is 3.49. The molecule has 0 saturated carbocycles. The van der Waals surface area contributed by atoms with Crippen LogP contribution < -0.4 is 5.32 Å². The fraction of sp³-hybridized carbons (Fsp3) is 0.556. The summed E-state index contributed by atoms with van der Waals surface area (Å²) in [5.74, 6) is 0.614. The second-order valence-electron chi connectivity index (χ2n) is 2.85. The van der Waals surface area contributed by atoms with Gasteiger partial charge in [0.15, 0.2) is 5.89 Å². The van der Waals surface area contributed by atoms with Gasteiger partial charge < -0.3 is 9.73 Å². The summed E-state index contributed by atoms with van der Waals surface area (Å²) in [6.45, 7) is 4.47. The highest BCUT2D eigenvalue weighted by Gasteiger charge is 2.08. The van der Waals surface area contributed by atoms with E-state index in [0.29, 0.717) is 12.4 Å². The van der Waals surface area contributed by atoms with Crippen LogP contribution in [0.3, 0.4) is 0 Å². The maximum atomic E-state index is 11.3. The molecule has 4 heteroatoms. The zero-order valence-electron chi connectivity index (χ0n) is 7.96. The summed E-state index contributed by atoms with van der Waals surface area (Å²) >= 11 is 0. The average Bonchev–Trinajstić information content (AvgIpc) is 2.52. The normalized spacial score (nSPS) is 10.0. The summed E-state index contributed by atoms with van der Waals surface area (Å²) in [6.07, 6.45) is 3.49. The topological polar surface area (TPSA) is 55.1 Å². The first kappa shape index (κ1) is 9.77. The van der Waals surface area contributed by atoms with Crippen molar-refractivity contribution in [2.45, 2.75) is 26.7 Å². The molecule has 0 fully saturated rings. The van der Waals surface area contributed by atoms with Gasteiger partial charge >= 0.3 is 0 Å². The van der Waals surface area contributed by atoms with E-state index in [4.69, 9.17) is 4.42 Å². The number of oxazole rings is 1. The Bertz CT molecular complexity index is 281. The number of unbranched alkanes of at least 4 members (excludes halogenated alkanes) is 1. The Morgan fingerprint density at radius 3 is 3.00 bits per heavy atom. The average molecular weight is 182 g/mol. The van der Waals surface area contributed by atoms with Gasteiger partial charge in [0, 0.05) is 13.5 Å². The van der Waals surface area contributed by atoms with Gasteiger partial charge in [-0.2, -0.15) is 0 Å². The molecule has 0 unspecified atom stereocenters. The summed E-state index contributed by atoms with van der Waals surface area (Å²) < 4.78 is 5.05. The first-order chi connectivity index (χ1) is 6.24. The molecular formula is C9H14N2O2. The Morgan fingerprint density at radius 2 is 2.46 bits per heavy atom. The number of rotatable bonds is 4. The van der Waals surface area contributed by atoms with Crippen LogP contribution in [0.1, 0.15) is 36.2 Å². The molecule has 1 heterocycles. The van der Waals surface area contributed by atoms with E-state index < -0.39 is 0 Å². The molecule has 1 aromatic heterocycles. The molecule has 0 aliphatic heterocycles. The minimum absolute atomic E-state index is 0.186. The van der Waals surface area contributed by atoms with Gasteiger partial charge in [0.25, 0.3) is 5.91 Å². The van der Waals surface area contributed by atoms with E-state index in [2.05, 4.69) is 17.2 Å². The zero-order valence-corrected chi connectivity index (χ0v) is 7.96. The summed E-state index contributed by atoms with van der Waals surface area (Å²) in [6, 6.07) is 0. The molecule has 13 heavy (non-hydrogen) atoms. The predicted octanol–water partition coefficient (Wildman–Crippen LogP) is 1.51. The molecule has 0 aliphatic rings. The third-order valence-electron chi connectivity index (χ3n) is 1.66. The van der Waals surface area contributed by atoms with Crippen molar-refractivity contribution in [1.29, 1.82) is 0 Å². The molecule has 0 spiro atoms. The van der Waals surface area contributed by atoms with Crippen molar-refractivity contribution in [3.63, 3.8) is 0 Å². The Hall–Kier alpha value is -1.32. The Morgan fingerprint density at radius 1 is 1.69 bits per heavy atom. The van der Waals surface area contributed by atoms with Crippen LogP contribution in [-0.2, 0) is 0 Å². The molecule has 1 aromatic rings. The first-order valence-corrected chi connectivity index (χ1v) is 4.44. The fourth-order valence-electron chi connectivity index (χ4n) is 0.932. The minimum Gasteiger partial charge on any atom is -0.436 e. The van der Waals surface area contributed by atoms with E-state index >= 15 is 0 Å². The van der Waals surface area contributed by atoms with Crippen molar-refractivity contribution < 1.29 is 9.21 Å². The SMILES string of the molecule is CCCCNC(=O)c1cnc(C)o1. The highest BCUT2D eigenvalue weighted by Crippen LogP contribution is 2.01. The van der Waals surface area contributed by atoms with E-state index in [1.54, 1.807) is 6.92 Å². The minimum atomic E-state index is -0.186. The Balaban J connectivity index is 2.40. The van der Waals surface area contributed by atoms with Crippen LogP contribution >= 0.6 is 0 Å². The van der Waals surface area contributed by atoms with Crippen LogP contribution in [0.15, 0.2) is 10.6 Å². The molecule has 1 rings (SSSR count). The van der Waals surface area contributed by atoms with Crippen LogP contribution in [0, 0.1) is 6.92 Å². The van der Waals surface area contributed by atoms with E-state index in [-0.39, 0.29) is 11.7 Å². The Labute approximate surface area is 77.3 Å². The molecule has 72 valence electrons. The standard InChI is InChI=1S/C9H14N2O2/c1-3-4-5-10-9(12)8-6-11-7(2)13-8/h6H,3-5H2,1-2H3,(H,10,12). The van der Waals surface area contributed by atoms with Gasteiger partial charge in [0.05, 0.1) is 6.20 Å². The maximum Gasteiger partial charge on any atom is 0.288 e. The lowest BCUT2D eigenvalue weighted by Crippen LogP contribution is -2.23. The summed E-state index contributed by atoms with van der Waals surface area (Å²) in [7, 11) is 0. The smallest absolute Gasteiger partial charge is 0.288 e. The van der Waals surface area contributed by atoms with Crippen molar-refractivity contribution >= 4 is 5.91 Å². The molecule has 0 saturated heterocycles. The maximum absolute atomic E-state index is 11.3. The van der Waals surface area contributed by atoms with E-state index in [1.165, 1.54) is 6.20 Å². The van der Waals surface area contributed by atoms with E-state index in [1.807, 2.05) is 0 Å². The van der Waals surface area contributed by atoms with Gasteiger partial charge in [-0.25, -0.2) is 4.98 Å². The lowest BCUT2D eigenvalue weighted by atomic mass is 10.3. The molecule has 0 bridgehead atoms. The number of carbonyl (C=O) groups is 1. The van der Waals surface area contributed by atoms with Crippen molar-refractivity contribution in [1.82, 2.24) is 10.3 Å². The van der Waals surface area contributed by atoms with Gasteiger partial charge in [-0.15, -0.1) is 0 Å². The number of nitrogens with one attached hydrogen (secondary N) is 1. The number of nitrogens with zero attached hydrogens (tertiary/aromatic N) is 1. The molecular weight excluding hydrogens is 168 g/mol. The van der Waals surface area contributed by atoms with Gasteiger partial charge in [-0.1, -0.05) is 13.3 Å². The number of aromatic nitrogens is 1. The molecule has 0 aliphatic carbocycles. The second-order valence-corrected chi connectivity index (χ2v) is 2.85. The second kappa shape index (κ2) is 4.64. The van der Waals surface area contributed by atoms with Crippen molar-refractivity contribution in [2.24, 2.45) is 0 Å². The van der Waals surface area contributed by atoms with Gasteiger partial charge in [0.2, 0.25) is 5.76 Å². The predicted molar refractivity (Wildman–Crippen MR) is 48.5 cm³/mol. The highest BCUT2D eigenvalue weighted by atomic mass is 16.4. The van der Waals surface area contributed by atoms with Crippen molar-refractivity contribution in [3.05, 3.63) is 17.8 Å². The first-order valence-electron chi connectivity index (χ1n) is 4.44. The fourth-order valence-corrected chi connectivity index (χ4v) is 0.932. The highest BCUT2D eigenvalue weighted by molar-refractivity contribution is 5.91. The number of aryl methyl sites for hydroxylation is 1. The van der Waals surface area contributed by atoms with Crippen LogP contribution in [0.25, 0.3) is 0 Å². The van der Waals surface area contributed by atoms with Crippen LogP contribution in [0.2, 0.25) is 0 Å². The molecule has 0 aromatic carbocycles. The molecule has 4 nitrogen and oxygen atoms in total. The lowest BCUT2D eigenvalue weighted by molar-refractivity contribution is 0.0924. The quantitative estimate of drug-likeness (QED) is 0.718. The summed E-state index contributed by atoms with van der Waals surface area (Å²) in [5.41, 5.74) is 0. The third kappa shape index (κ3) is 2.89. The number of carbonyl (C=O) groups excluding carboxylic acids is 1. The number of hydrogen-bond donors (Lipinski definition) is 1. The molecule has 0 radical (unpaired) electrons. The molecule has 1 N–H and O–H groups in total. The third-order valence-corrected chi connectivity index (χ3v) is 1.66. The summed E-state index contributed by atoms with van der Waals surface area (Å²) in [5, 5.41) is 2.74.